The minimum atomic E-state index is 0.350. The highest BCUT2D eigenvalue weighted by Crippen LogP contribution is 2.13. The van der Waals surface area contributed by atoms with E-state index in [0.29, 0.717) is 11.8 Å². The van der Waals surface area contributed by atoms with Crippen molar-refractivity contribution in [1.82, 2.24) is 10.2 Å². The number of benzene rings is 1. The Kier molecular flexibility index (Phi) is 4.40. The molecule has 1 aromatic rings. The van der Waals surface area contributed by atoms with Gasteiger partial charge in [-0.25, -0.2) is 0 Å². The molecule has 17 heavy (non-hydrogen) atoms. The molecule has 3 nitrogen and oxygen atoms in total. The summed E-state index contributed by atoms with van der Waals surface area (Å²) in [5.41, 5.74) is 1.15. The van der Waals surface area contributed by atoms with Gasteiger partial charge in [0.05, 0.1) is 0 Å². The molecule has 0 bridgehead atoms. The maximum Gasteiger partial charge on any atom is 0.115 e. The first-order valence-electron chi connectivity index (χ1n) is 6.51. The van der Waals surface area contributed by atoms with E-state index in [4.69, 9.17) is 0 Å². The molecule has 1 aliphatic heterocycles. The third-order valence-corrected chi connectivity index (χ3v) is 3.46. The number of hydrogen-bond donors (Lipinski definition) is 2. The zero-order chi connectivity index (χ0) is 12.1. The maximum absolute atomic E-state index is 9.39. The zero-order valence-corrected chi connectivity index (χ0v) is 10.5. The predicted octanol–water partition coefficient (Wildman–Crippen LogP) is 1.97. The smallest absolute Gasteiger partial charge is 0.115 e. The third kappa shape index (κ3) is 3.72. The van der Waals surface area contributed by atoms with Gasteiger partial charge < -0.3 is 15.3 Å². The summed E-state index contributed by atoms with van der Waals surface area (Å²) in [5, 5.41) is 13.0. The monoisotopic (exact) mass is 234 g/mol. The van der Waals surface area contributed by atoms with E-state index >= 15 is 0 Å². The quantitative estimate of drug-likeness (QED) is 0.836. The van der Waals surface area contributed by atoms with E-state index in [-0.39, 0.29) is 0 Å². The predicted molar refractivity (Wildman–Crippen MR) is 70.1 cm³/mol. The molecule has 94 valence electrons. The van der Waals surface area contributed by atoms with E-state index in [1.54, 1.807) is 6.07 Å². The van der Waals surface area contributed by atoms with Gasteiger partial charge in [0.1, 0.15) is 5.75 Å². The summed E-state index contributed by atoms with van der Waals surface area (Å²) < 4.78 is 0. The van der Waals surface area contributed by atoms with E-state index in [9.17, 15) is 5.11 Å². The van der Waals surface area contributed by atoms with Crippen LogP contribution in [-0.2, 0) is 6.54 Å². The van der Waals surface area contributed by atoms with Gasteiger partial charge in [0.15, 0.2) is 0 Å². The Morgan fingerprint density at radius 1 is 1.47 bits per heavy atom. The van der Waals surface area contributed by atoms with Crippen LogP contribution in [0.2, 0.25) is 0 Å². The lowest BCUT2D eigenvalue weighted by atomic mass is 10.1. The largest absolute Gasteiger partial charge is 0.508 e. The summed E-state index contributed by atoms with van der Waals surface area (Å²) in [6.45, 7) is 6.59. The number of aromatic hydroxyl groups is 1. The average Bonchev–Trinajstić information content (AvgIpc) is 2.37. The summed E-state index contributed by atoms with van der Waals surface area (Å²) in [6, 6.07) is 8.07. The number of likely N-dealkylation sites (tertiary alicyclic amines) is 1. The number of phenols is 1. The van der Waals surface area contributed by atoms with Crippen molar-refractivity contribution in [1.29, 1.82) is 0 Å². The maximum atomic E-state index is 9.39. The van der Waals surface area contributed by atoms with Crippen LogP contribution in [0.15, 0.2) is 24.3 Å². The van der Waals surface area contributed by atoms with Gasteiger partial charge in [-0.3, -0.25) is 0 Å². The first-order chi connectivity index (χ1) is 8.28. The molecule has 1 aliphatic rings. The van der Waals surface area contributed by atoms with Gasteiger partial charge in [0.25, 0.3) is 0 Å². The number of piperidine rings is 1. The van der Waals surface area contributed by atoms with Gasteiger partial charge in [0, 0.05) is 19.1 Å². The van der Waals surface area contributed by atoms with Crippen LogP contribution in [0.25, 0.3) is 0 Å². The van der Waals surface area contributed by atoms with Crippen LogP contribution in [0.3, 0.4) is 0 Å². The molecule has 0 aliphatic carbocycles. The minimum absolute atomic E-state index is 0.350. The van der Waals surface area contributed by atoms with Crippen LogP contribution in [0.4, 0.5) is 0 Å². The molecule has 3 heteroatoms. The Morgan fingerprint density at radius 2 is 2.35 bits per heavy atom. The van der Waals surface area contributed by atoms with Gasteiger partial charge in [0.2, 0.25) is 0 Å². The van der Waals surface area contributed by atoms with Crippen molar-refractivity contribution in [3.8, 4) is 5.75 Å². The molecule has 1 saturated heterocycles. The molecule has 1 heterocycles. The number of phenolic OH excluding ortho intramolecular Hbond substituents is 1. The van der Waals surface area contributed by atoms with Gasteiger partial charge in [-0.2, -0.15) is 0 Å². The number of nitrogens with zero attached hydrogens (tertiary/aromatic N) is 1. The van der Waals surface area contributed by atoms with E-state index in [0.717, 1.165) is 25.2 Å². The Morgan fingerprint density at radius 3 is 3.12 bits per heavy atom. The van der Waals surface area contributed by atoms with Gasteiger partial charge >= 0.3 is 0 Å². The van der Waals surface area contributed by atoms with Crippen LogP contribution in [0, 0.1) is 0 Å². The molecule has 2 rings (SSSR count). The second-order valence-corrected chi connectivity index (χ2v) is 4.78. The fourth-order valence-electron chi connectivity index (χ4n) is 2.44. The average molecular weight is 234 g/mol. The first kappa shape index (κ1) is 12.4. The van der Waals surface area contributed by atoms with Gasteiger partial charge in [-0.15, -0.1) is 0 Å². The van der Waals surface area contributed by atoms with Crippen LogP contribution in [0.5, 0.6) is 5.75 Å². The fourth-order valence-corrected chi connectivity index (χ4v) is 2.44. The van der Waals surface area contributed by atoms with Crippen LogP contribution in [-0.4, -0.2) is 35.7 Å². The molecule has 0 aromatic heterocycles. The molecule has 0 saturated carbocycles. The molecule has 1 aromatic carbocycles. The summed E-state index contributed by atoms with van der Waals surface area (Å²) in [7, 11) is 0. The molecule has 2 N–H and O–H groups in total. The Labute approximate surface area is 103 Å². The van der Waals surface area contributed by atoms with E-state index in [1.807, 2.05) is 18.2 Å². The Hall–Kier alpha value is -1.06. The highest BCUT2D eigenvalue weighted by atomic mass is 16.3. The number of rotatable bonds is 4. The van der Waals surface area contributed by atoms with Crippen molar-refractivity contribution in [2.24, 2.45) is 0 Å². The molecule has 1 atom stereocenters. The fraction of sp³-hybridized carbons (Fsp3) is 0.571. The van der Waals surface area contributed by atoms with E-state index < -0.39 is 0 Å². The van der Waals surface area contributed by atoms with Crippen molar-refractivity contribution in [3.05, 3.63) is 29.8 Å². The molecular weight excluding hydrogens is 212 g/mol. The molecule has 0 amide bonds. The van der Waals surface area contributed by atoms with Crippen molar-refractivity contribution in [2.75, 3.05) is 19.6 Å². The van der Waals surface area contributed by atoms with E-state index in [2.05, 4.69) is 17.1 Å². The second-order valence-electron chi connectivity index (χ2n) is 4.78. The van der Waals surface area contributed by atoms with Crippen molar-refractivity contribution < 1.29 is 5.11 Å². The second kappa shape index (κ2) is 6.03. The highest BCUT2D eigenvalue weighted by molar-refractivity contribution is 5.26. The lowest BCUT2D eigenvalue weighted by Crippen LogP contribution is -2.45. The zero-order valence-electron chi connectivity index (χ0n) is 10.5. The third-order valence-electron chi connectivity index (χ3n) is 3.46. The summed E-state index contributed by atoms with van der Waals surface area (Å²) in [4.78, 5) is 2.49. The number of likely N-dealkylation sites (N-methyl/N-ethyl adjacent to an activating group) is 1. The molecule has 1 unspecified atom stereocenters. The lowest BCUT2D eigenvalue weighted by Gasteiger charge is -2.32. The summed E-state index contributed by atoms with van der Waals surface area (Å²) >= 11 is 0. The van der Waals surface area contributed by atoms with Gasteiger partial charge in [-0.05, 0) is 43.6 Å². The summed E-state index contributed by atoms with van der Waals surface area (Å²) in [6.07, 6.45) is 2.54. The standard InChI is InChI=1S/C14H22N2O/c1-2-16-8-4-6-13(11-16)15-10-12-5-3-7-14(17)9-12/h3,5,7,9,13,15,17H,2,4,6,8,10-11H2,1H3. The number of hydrogen-bond acceptors (Lipinski definition) is 3. The normalized spacial score (nSPS) is 21.6. The van der Waals surface area contributed by atoms with E-state index in [1.165, 1.54) is 19.4 Å². The van der Waals surface area contributed by atoms with Crippen LogP contribution >= 0.6 is 0 Å². The van der Waals surface area contributed by atoms with Crippen molar-refractivity contribution >= 4 is 0 Å². The minimum Gasteiger partial charge on any atom is -0.508 e. The lowest BCUT2D eigenvalue weighted by molar-refractivity contribution is 0.198. The molecule has 1 fully saturated rings. The molecule has 0 spiro atoms. The Balaban J connectivity index is 1.81. The van der Waals surface area contributed by atoms with Gasteiger partial charge in [-0.1, -0.05) is 19.1 Å². The molecule has 0 radical (unpaired) electrons. The Bertz CT molecular complexity index is 354. The van der Waals surface area contributed by atoms with Crippen LogP contribution in [0.1, 0.15) is 25.3 Å². The SMILES string of the molecule is CCN1CCCC(NCc2cccc(O)c2)C1. The van der Waals surface area contributed by atoms with Crippen molar-refractivity contribution in [3.63, 3.8) is 0 Å². The molecular formula is C14H22N2O. The van der Waals surface area contributed by atoms with Crippen molar-refractivity contribution in [2.45, 2.75) is 32.4 Å². The first-order valence-corrected chi connectivity index (χ1v) is 6.51. The summed E-state index contributed by atoms with van der Waals surface area (Å²) in [5.74, 6) is 0.350. The topological polar surface area (TPSA) is 35.5 Å². The number of nitrogens with one attached hydrogen (secondary N) is 1. The highest BCUT2D eigenvalue weighted by Gasteiger charge is 2.17. The van der Waals surface area contributed by atoms with Crippen LogP contribution < -0.4 is 5.32 Å².